The Balaban J connectivity index is 2.68. The standard InChI is InChI=1S/C11H18ClO3P2/c1-3-17(12,14,4-2)15-16(13)10-11-8-6-5-7-9-11/h5-9,14H,3-4,10H2,1-2H3/q+1. The molecule has 0 amide bonds. The van der Waals surface area contributed by atoms with Gasteiger partial charge in [0.2, 0.25) is 0 Å². The maximum atomic E-state index is 11.9. The fraction of sp³-hybridized carbons (Fsp3) is 0.455. The Morgan fingerprint density at radius 1 is 1.29 bits per heavy atom. The normalized spacial score (nSPS) is 15.1. The van der Waals surface area contributed by atoms with Crippen LogP contribution in [0.25, 0.3) is 0 Å². The second-order valence-electron chi connectivity index (χ2n) is 3.92. The Bertz CT molecular complexity index is 387. The van der Waals surface area contributed by atoms with Crippen LogP contribution in [-0.4, -0.2) is 17.2 Å². The van der Waals surface area contributed by atoms with Crippen LogP contribution < -0.4 is 0 Å². The van der Waals surface area contributed by atoms with E-state index in [4.69, 9.17) is 15.6 Å². The number of hydrogen-bond donors (Lipinski definition) is 1. The van der Waals surface area contributed by atoms with E-state index >= 15 is 0 Å². The van der Waals surface area contributed by atoms with Gasteiger partial charge in [0.15, 0.2) is 0 Å². The van der Waals surface area contributed by atoms with Crippen molar-refractivity contribution in [2.45, 2.75) is 20.0 Å². The van der Waals surface area contributed by atoms with Crippen molar-refractivity contribution in [2.75, 3.05) is 12.3 Å². The summed E-state index contributed by atoms with van der Waals surface area (Å²) in [5, 5.41) is 0. The Morgan fingerprint density at radius 2 is 1.82 bits per heavy atom. The van der Waals surface area contributed by atoms with Gasteiger partial charge in [0, 0.05) is 0 Å². The number of halogens is 1. The Labute approximate surface area is 108 Å². The molecule has 1 N–H and O–H groups in total. The molecule has 0 bridgehead atoms. The van der Waals surface area contributed by atoms with E-state index in [9.17, 15) is 9.46 Å². The third-order valence-electron chi connectivity index (χ3n) is 2.66. The van der Waals surface area contributed by atoms with Crippen LogP contribution in [0.15, 0.2) is 30.3 Å². The Hall–Kier alpha value is -0.0400. The van der Waals surface area contributed by atoms with E-state index < -0.39 is 14.4 Å². The molecule has 0 spiro atoms. The molecule has 1 unspecified atom stereocenters. The van der Waals surface area contributed by atoms with Gasteiger partial charge < -0.3 is 0 Å². The predicted molar refractivity (Wildman–Crippen MR) is 74.9 cm³/mol. The molecule has 0 saturated carbocycles. The number of benzene rings is 1. The van der Waals surface area contributed by atoms with Gasteiger partial charge in [-0.3, -0.25) is 0 Å². The van der Waals surface area contributed by atoms with Crippen molar-refractivity contribution in [3.63, 3.8) is 0 Å². The van der Waals surface area contributed by atoms with Crippen LogP contribution in [0.3, 0.4) is 0 Å². The van der Waals surface area contributed by atoms with E-state index in [0.29, 0.717) is 12.3 Å². The summed E-state index contributed by atoms with van der Waals surface area (Å²) in [6.07, 6.45) is -2.81. The summed E-state index contributed by atoms with van der Waals surface area (Å²) in [7, 11) is -1.98. The molecule has 1 aromatic rings. The molecular weight excluding hydrogens is 278 g/mol. The van der Waals surface area contributed by atoms with Gasteiger partial charge in [0.05, 0.1) is 0 Å². The van der Waals surface area contributed by atoms with Gasteiger partial charge in [-0.1, -0.05) is 0 Å². The Morgan fingerprint density at radius 3 is 2.29 bits per heavy atom. The number of hydrogen-bond acceptors (Lipinski definition) is 3. The molecule has 0 aromatic heterocycles. The molecule has 96 valence electrons. The summed E-state index contributed by atoms with van der Waals surface area (Å²) >= 11 is 6.10. The van der Waals surface area contributed by atoms with Gasteiger partial charge in [0.1, 0.15) is 0 Å². The second kappa shape index (κ2) is 5.73. The topological polar surface area (TPSA) is 46.5 Å². The van der Waals surface area contributed by atoms with Gasteiger partial charge in [-0.15, -0.1) is 0 Å². The first-order valence-electron chi connectivity index (χ1n) is 5.54. The SMILES string of the molecule is CCP(O)(Cl)(CC)O[P+](=O)Cc1ccccc1. The average Bonchev–Trinajstić information content (AvgIpc) is 2.30. The van der Waals surface area contributed by atoms with Crippen molar-refractivity contribution < 1.29 is 13.8 Å². The maximum absolute atomic E-state index is 11.9. The summed E-state index contributed by atoms with van der Waals surface area (Å²) < 4.78 is 17.2. The van der Waals surface area contributed by atoms with Gasteiger partial charge in [-0.25, -0.2) is 0 Å². The average molecular weight is 296 g/mol. The van der Waals surface area contributed by atoms with Crippen molar-refractivity contribution in [1.82, 2.24) is 0 Å². The molecule has 0 aliphatic heterocycles. The van der Waals surface area contributed by atoms with Crippen molar-refractivity contribution in [3.05, 3.63) is 35.9 Å². The molecule has 0 aliphatic carbocycles. The summed E-state index contributed by atoms with van der Waals surface area (Å²) in [5.74, 6) is 0. The molecule has 0 radical (unpaired) electrons. The van der Waals surface area contributed by atoms with Crippen LogP contribution >= 0.6 is 25.7 Å². The summed E-state index contributed by atoms with van der Waals surface area (Å²) in [4.78, 5) is 10.2. The quantitative estimate of drug-likeness (QED) is 0.785. The second-order valence-corrected chi connectivity index (χ2v) is 11.6. The van der Waals surface area contributed by atoms with E-state index in [0.717, 1.165) is 5.56 Å². The van der Waals surface area contributed by atoms with Crippen molar-refractivity contribution >= 4 is 25.7 Å². The minimum absolute atomic E-state index is 0.279. The molecule has 0 heterocycles. The van der Waals surface area contributed by atoms with Crippen LogP contribution in [-0.2, 0) is 15.0 Å². The summed E-state index contributed by atoms with van der Waals surface area (Å²) in [6.45, 7) is 3.50. The molecule has 0 aliphatic rings. The zero-order valence-corrected chi connectivity index (χ0v) is 12.6. The van der Waals surface area contributed by atoms with Gasteiger partial charge in [0.25, 0.3) is 0 Å². The molecule has 1 aromatic carbocycles. The third kappa shape index (κ3) is 4.62. The van der Waals surface area contributed by atoms with Crippen molar-refractivity contribution in [2.24, 2.45) is 0 Å². The van der Waals surface area contributed by atoms with Crippen molar-refractivity contribution in [3.8, 4) is 0 Å². The first kappa shape index (κ1) is 15.0. The molecule has 17 heavy (non-hydrogen) atoms. The van der Waals surface area contributed by atoms with Crippen LogP contribution in [0.5, 0.6) is 0 Å². The predicted octanol–water partition coefficient (Wildman–Crippen LogP) is 4.51. The molecule has 0 fully saturated rings. The minimum atomic E-state index is -3.70. The van der Waals surface area contributed by atoms with Crippen LogP contribution in [0, 0.1) is 0 Å². The first-order valence-corrected chi connectivity index (χ1v) is 10.3. The van der Waals surface area contributed by atoms with E-state index in [1.807, 2.05) is 30.3 Å². The molecule has 6 heteroatoms. The van der Waals surface area contributed by atoms with E-state index in [2.05, 4.69) is 0 Å². The summed E-state index contributed by atoms with van der Waals surface area (Å²) in [5.41, 5.74) is 0.913. The summed E-state index contributed by atoms with van der Waals surface area (Å²) in [6, 6.07) is 9.38. The molecular formula is C11H18ClO3P2+. The van der Waals surface area contributed by atoms with E-state index in [1.54, 1.807) is 13.8 Å². The zero-order chi connectivity index (χ0) is 13.0. The van der Waals surface area contributed by atoms with Gasteiger partial charge in [-0.2, -0.15) is 0 Å². The fourth-order valence-electron chi connectivity index (χ4n) is 1.30. The zero-order valence-electron chi connectivity index (χ0n) is 10.0. The molecule has 1 rings (SSSR count). The van der Waals surface area contributed by atoms with Crippen LogP contribution in [0.1, 0.15) is 19.4 Å². The fourth-order valence-corrected chi connectivity index (χ4v) is 5.67. The van der Waals surface area contributed by atoms with E-state index in [1.165, 1.54) is 0 Å². The van der Waals surface area contributed by atoms with Crippen LogP contribution in [0.4, 0.5) is 0 Å². The number of rotatable bonds is 6. The van der Waals surface area contributed by atoms with Gasteiger partial charge >= 0.3 is 108 Å². The first-order chi connectivity index (χ1) is 7.88. The van der Waals surface area contributed by atoms with Crippen LogP contribution in [0.2, 0.25) is 0 Å². The third-order valence-corrected chi connectivity index (χ3v) is 9.91. The monoisotopic (exact) mass is 295 g/mol. The van der Waals surface area contributed by atoms with E-state index in [-0.39, 0.29) is 6.16 Å². The molecule has 3 nitrogen and oxygen atoms in total. The van der Waals surface area contributed by atoms with Crippen molar-refractivity contribution in [1.29, 1.82) is 0 Å². The molecule has 0 saturated heterocycles. The Kier molecular flexibility index (Phi) is 5.07. The molecule has 1 atom stereocenters. The van der Waals surface area contributed by atoms with Gasteiger partial charge in [-0.05, 0) is 0 Å².